The van der Waals surface area contributed by atoms with Gasteiger partial charge in [-0.3, -0.25) is 9.59 Å². The Morgan fingerprint density at radius 3 is 2.72 bits per heavy atom. The molecule has 2 saturated heterocycles. The molecule has 1 aromatic carbocycles. The highest BCUT2D eigenvalue weighted by Gasteiger charge is 2.46. The molecular formula is C24H29FN2O5. The number of aromatic nitrogens is 1. The fraction of sp³-hybridized carbons (Fsp3) is 0.542. The molecule has 0 N–H and O–H groups in total. The van der Waals surface area contributed by atoms with E-state index in [9.17, 15) is 14.0 Å². The Balaban J connectivity index is 1.54. The molecule has 2 aromatic rings. The van der Waals surface area contributed by atoms with Gasteiger partial charge in [-0.2, -0.15) is 0 Å². The molecule has 32 heavy (non-hydrogen) atoms. The molecule has 2 aliphatic heterocycles. The maximum Gasteiger partial charge on any atom is 0.314 e. The van der Waals surface area contributed by atoms with E-state index in [-0.39, 0.29) is 36.6 Å². The second-order valence-corrected chi connectivity index (χ2v) is 8.61. The first-order valence-corrected chi connectivity index (χ1v) is 11.3. The average molecular weight is 445 g/mol. The number of hydrogen-bond donors (Lipinski definition) is 0. The van der Waals surface area contributed by atoms with Crippen molar-refractivity contribution in [2.75, 3.05) is 32.9 Å². The van der Waals surface area contributed by atoms with E-state index in [0.29, 0.717) is 63.4 Å². The molecule has 1 aromatic heterocycles. The van der Waals surface area contributed by atoms with Gasteiger partial charge in [0.05, 0.1) is 12.0 Å². The van der Waals surface area contributed by atoms with Gasteiger partial charge in [0.25, 0.3) is 0 Å². The van der Waals surface area contributed by atoms with Gasteiger partial charge < -0.3 is 18.9 Å². The SMILES string of the molecule is CCOC(=O)C1(Cc2cc(-c3ccc(F)cc3)no2)CCCN(C(=O)C2CCOCC2)C1. The number of likely N-dealkylation sites (tertiary alicyclic amines) is 1. The van der Waals surface area contributed by atoms with E-state index in [1.807, 2.05) is 4.90 Å². The van der Waals surface area contributed by atoms with Crippen molar-refractivity contribution in [2.24, 2.45) is 11.3 Å². The normalized spacial score (nSPS) is 22.0. The Labute approximate surface area is 186 Å². The van der Waals surface area contributed by atoms with Gasteiger partial charge >= 0.3 is 5.97 Å². The molecule has 1 atom stereocenters. The van der Waals surface area contributed by atoms with Crippen LogP contribution >= 0.6 is 0 Å². The van der Waals surface area contributed by atoms with Crippen LogP contribution in [0.15, 0.2) is 34.9 Å². The van der Waals surface area contributed by atoms with Crippen molar-refractivity contribution in [3.8, 4) is 11.3 Å². The minimum absolute atomic E-state index is 0.0582. The molecule has 2 aliphatic rings. The van der Waals surface area contributed by atoms with E-state index in [1.165, 1.54) is 12.1 Å². The highest BCUT2D eigenvalue weighted by atomic mass is 19.1. The van der Waals surface area contributed by atoms with Crippen LogP contribution in [-0.4, -0.2) is 54.8 Å². The summed E-state index contributed by atoms with van der Waals surface area (Å²) < 4.78 is 29.6. The summed E-state index contributed by atoms with van der Waals surface area (Å²) in [4.78, 5) is 28.1. The molecule has 8 heteroatoms. The zero-order chi connectivity index (χ0) is 22.6. The van der Waals surface area contributed by atoms with Crippen LogP contribution in [0, 0.1) is 17.2 Å². The number of esters is 1. The first-order valence-electron chi connectivity index (χ1n) is 11.3. The lowest BCUT2D eigenvalue weighted by molar-refractivity contribution is -0.162. The van der Waals surface area contributed by atoms with Crippen molar-refractivity contribution in [3.63, 3.8) is 0 Å². The largest absolute Gasteiger partial charge is 0.466 e. The number of halogens is 1. The number of amides is 1. The first kappa shape index (κ1) is 22.5. The molecule has 0 aliphatic carbocycles. The maximum atomic E-state index is 13.2. The Morgan fingerprint density at radius 1 is 1.25 bits per heavy atom. The molecule has 0 spiro atoms. The van der Waals surface area contributed by atoms with Crippen molar-refractivity contribution in [1.82, 2.24) is 10.1 Å². The van der Waals surface area contributed by atoms with Gasteiger partial charge in [0, 0.05) is 50.3 Å². The van der Waals surface area contributed by atoms with Crippen LogP contribution in [-0.2, 0) is 25.5 Å². The Hall–Kier alpha value is -2.74. The summed E-state index contributed by atoms with van der Waals surface area (Å²) in [5.41, 5.74) is 0.422. The predicted molar refractivity (Wildman–Crippen MR) is 114 cm³/mol. The zero-order valence-electron chi connectivity index (χ0n) is 18.3. The summed E-state index contributed by atoms with van der Waals surface area (Å²) in [6.07, 6.45) is 3.04. The van der Waals surface area contributed by atoms with Crippen molar-refractivity contribution < 1.29 is 28.0 Å². The summed E-state index contributed by atoms with van der Waals surface area (Å²) >= 11 is 0. The number of hydrogen-bond acceptors (Lipinski definition) is 6. The number of carbonyl (C=O) groups excluding carboxylic acids is 2. The lowest BCUT2D eigenvalue weighted by atomic mass is 9.75. The summed E-state index contributed by atoms with van der Waals surface area (Å²) in [6, 6.07) is 7.77. The van der Waals surface area contributed by atoms with Gasteiger partial charge in [-0.1, -0.05) is 5.16 Å². The van der Waals surface area contributed by atoms with Crippen LogP contribution in [0.5, 0.6) is 0 Å². The number of nitrogens with zero attached hydrogens (tertiary/aromatic N) is 2. The molecule has 0 saturated carbocycles. The van der Waals surface area contributed by atoms with Gasteiger partial charge in [-0.05, 0) is 56.9 Å². The summed E-state index contributed by atoms with van der Waals surface area (Å²) in [5, 5.41) is 4.10. The van der Waals surface area contributed by atoms with Crippen LogP contribution < -0.4 is 0 Å². The highest BCUT2D eigenvalue weighted by Crippen LogP contribution is 2.37. The van der Waals surface area contributed by atoms with Crippen LogP contribution in [0.1, 0.15) is 38.4 Å². The first-order chi connectivity index (χ1) is 15.5. The molecule has 1 amide bonds. The standard InChI is InChI=1S/C24H29FN2O5/c1-2-31-23(29)24(10-3-11-27(16-24)22(28)18-8-12-30-13-9-18)15-20-14-21(26-32-20)17-4-6-19(25)7-5-17/h4-7,14,18H,2-3,8-13,15-16H2,1H3. The van der Waals surface area contributed by atoms with E-state index in [0.717, 1.165) is 5.56 Å². The number of rotatable bonds is 6. The minimum Gasteiger partial charge on any atom is -0.466 e. The van der Waals surface area contributed by atoms with Gasteiger partial charge in [-0.25, -0.2) is 4.39 Å². The molecule has 7 nitrogen and oxygen atoms in total. The molecule has 3 heterocycles. The lowest BCUT2D eigenvalue weighted by Gasteiger charge is -2.42. The number of piperidine rings is 1. The molecule has 1 unspecified atom stereocenters. The third-order valence-corrected chi connectivity index (χ3v) is 6.38. The van der Waals surface area contributed by atoms with Gasteiger partial charge in [-0.15, -0.1) is 0 Å². The molecule has 2 fully saturated rings. The molecule has 4 rings (SSSR count). The van der Waals surface area contributed by atoms with Crippen molar-refractivity contribution in [2.45, 2.75) is 39.0 Å². The average Bonchev–Trinajstić information content (AvgIpc) is 3.28. The summed E-state index contributed by atoms with van der Waals surface area (Å²) in [6.45, 7) is 4.17. The fourth-order valence-electron chi connectivity index (χ4n) is 4.68. The van der Waals surface area contributed by atoms with E-state index >= 15 is 0 Å². The topological polar surface area (TPSA) is 81.9 Å². The Morgan fingerprint density at radius 2 is 2.00 bits per heavy atom. The number of ether oxygens (including phenoxy) is 2. The smallest absolute Gasteiger partial charge is 0.314 e. The van der Waals surface area contributed by atoms with E-state index in [1.54, 1.807) is 25.1 Å². The number of benzene rings is 1. The predicted octanol–water partition coefficient (Wildman–Crippen LogP) is 3.62. The van der Waals surface area contributed by atoms with E-state index in [4.69, 9.17) is 14.0 Å². The molecular weight excluding hydrogens is 415 g/mol. The highest BCUT2D eigenvalue weighted by molar-refractivity contribution is 5.82. The van der Waals surface area contributed by atoms with Crippen LogP contribution in [0.2, 0.25) is 0 Å². The molecule has 0 bridgehead atoms. The van der Waals surface area contributed by atoms with E-state index in [2.05, 4.69) is 5.16 Å². The van der Waals surface area contributed by atoms with Crippen molar-refractivity contribution in [1.29, 1.82) is 0 Å². The number of carbonyl (C=O) groups is 2. The van der Waals surface area contributed by atoms with E-state index < -0.39 is 5.41 Å². The minimum atomic E-state index is -0.880. The van der Waals surface area contributed by atoms with Crippen molar-refractivity contribution in [3.05, 3.63) is 41.9 Å². The zero-order valence-corrected chi connectivity index (χ0v) is 18.3. The third kappa shape index (κ3) is 4.85. The fourth-order valence-corrected chi connectivity index (χ4v) is 4.68. The third-order valence-electron chi connectivity index (χ3n) is 6.38. The maximum absolute atomic E-state index is 13.2. The monoisotopic (exact) mass is 444 g/mol. The van der Waals surface area contributed by atoms with Crippen LogP contribution in [0.4, 0.5) is 4.39 Å². The Bertz CT molecular complexity index is 938. The van der Waals surface area contributed by atoms with Crippen LogP contribution in [0.3, 0.4) is 0 Å². The second-order valence-electron chi connectivity index (χ2n) is 8.61. The quantitative estimate of drug-likeness (QED) is 0.633. The summed E-state index contributed by atoms with van der Waals surface area (Å²) in [5.74, 6) is -0.0690. The van der Waals surface area contributed by atoms with Gasteiger partial charge in [0.1, 0.15) is 17.3 Å². The lowest BCUT2D eigenvalue weighted by Crippen LogP contribution is -2.53. The molecule has 0 radical (unpaired) electrons. The summed E-state index contributed by atoms with van der Waals surface area (Å²) in [7, 11) is 0. The Kier molecular flexibility index (Phi) is 6.89. The molecule has 172 valence electrons. The van der Waals surface area contributed by atoms with Gasteiger partial charge in [0.2, 0.25) is 5.91 Å². The van der Waals surface area contributed by atoms with Crippen molar-refractivity contribution >= 4 is 11.9 Å². The van der Waals surface area contributed by atoms with Gasteiger partial charge in [0.15, 0.2) is 0 Å². The second kappa shape index (κ2) is 9.81. The van der Waals surface area contributed by atoms with Crippen LogP contribution in [0.25, 0.3) is 11.3 Å².